The summed E-state index contributed by atoms with van der Waals surface area (Å²) in [6.45, 7) is 4.14. The molecule has 0 saturated heterocycles. The normalized spacial score (nSPS) is 10.2. The van der Waals surface area contributed by atoms with E-state index < -0.39 is 0 Å². The van der Waals surface area contributed by atoms with Crippen LogP contribution in [0.15, 0.2) is 54.6 Å². The number of amides is 1. The van der Waals surface area contributed by atoms with Crippen LogP contribution in [0.5, 0.6) is 11.5 Å². The number of carbonyl (C=O) groups excluding carboxylic acids is 1. The molecule has 2 aromatic carbocycles. The van der Waals surface area contributed by atoms with Crippen LogP contribution in [0.1, 0.15) is 13.8 Å². The zero-order chi connectivity index (χ0) is 15.1. The fourth-order valence-electron chi connectivity index (χ4n) is 1.82. The van der Waals surface area contributed by atoms with Gasteiger partial charge in [0.1, 0.15) is 11.5 Å². The van der Waals surface area contributed by atoms with Crippen molar-refractivity contribution in [2.24, 2.45) is 0 Å². The Balaban J connectivity index is 1.86. The van der Waals surface area contributed by atoms with Crippen molar-refractivity contribution in [1.29, 1.82) is 0 Å². The fourth-order valence-corrected chi connectivity index (χ4v) is 1.82. The minimum absolute atomic E-state index is 0.0189. The molecule has 4 nitrogen and oxygen atoms in total. The van der Waals surface area contributed by atoms with Crippen LogP contribution in [0.4, 0.5) is 5.69 Å². The van der Waals surface area contributed by atoms with Crippen molar-refractivity contribution < 1.29 is 9.53 Å². The number of benzene rings is 2. The standard InChI is InChI=1S/C17H20N2O2/c1-13(2)19-17(20)12-18-14-8-10-16(11-9-14)21-15-6-4-3-5-7-15/h3-11,13,18H,12H2,1-2H3,(H,19,20). The van der Waals surface area contributed by atoms with E-state index in [9.17, 15) is 4.79 Å². The molecule has 0 aliphatic heterocycles. The summed E-state index contributed by atoms with van der Waals surface area (Å²) in [6.07, 6.45) is 0. The average Bonchev–Trinajstić information content (AvgIpc) is 2.47. The third-order valence-corrected chi connectivity index (χ3v) is 2.74. The Labute approximate surface area is 125 Å². The van der Waals surface area contributed by atoms with Gasteiger partial charge in [-0.15, -0.1) is 0 Å². The van der Waals surface area contributed by atoms with Crippen molar-refractivity contribution in [1.82, 2.24) is 5.32 Å². The predicted molar refractivity (Wildman–Crippen MR) is 84.7 cm³/mol. The molecule has 1 amide bonds. The van der Waals surface area contributed by atoms with Gasteiger partial charge in [0.15, 0.2) is 0 Å². The second-order valence-corrected chi connectivity index (χ2v) is 5.02. The molecular weight excluding hydrogens is 264 g/mol. The van der Waals surface area contributed by atoms with Crippen molar-refractivity contribution in [3.8, 4) is 11.5 Å². The monoisotopic (exact) mass is 284 g/mol. The topological polar surface area (TPSA) is 50.4 Å². The molecule has 0 spiro atoms. The summed E-state index contributed by atoms with van der Waals surface area (Å²) in [5.41, 5.74) is 0.884. The molecule has 0 saturated carbocycles. The molecule has 2 N–H and O–H groups in total. The molecule has 0 radical (unpaired) electrons. The SMILES string of the molecule is CC(C)NC(=O)CNc1ccc(Oc2ccccc2)cc1. The smallest absolute Gasteiger partial charge is 0.239 e. The number of rotatable bonds is 6. The highest BCUT2D eigenvalue weighted by Gasteiger charge is 2.03. The van der Waals surface area contributed by atoms with E-state index in [1.807, 2.05) is 68.4 Å². The highest BCUT2D eigenvalue weighted by Crippen LogP contribution is 2.22. The molecule has 0 unspecified atom stereocenters. The first-order valence-corrected chi connectivity index (χ1v) is 6.99. The number of hydrogen-bond acceptors (Lipinski definition) is 3. The molecule has 0 bridgehead atoms. The molecule has 0 aliphatic carbocycles. The lowest BCUT2D eigenvalue weighted by Gasteiger charge is -2.10. The van der Waals surface area contributed by atoms with Gasteiger partial charge < -0.3 is 15.4 Å². The lowest BCUT2D eigenvalue weighted by atomic mass is 10.3. The van der Waals surface area contributed by atoms with Crippen LogP contribution < -0.4 is 15.4 Å². The van der Waals surface area contributed by atoms with E-state index in [1.165, 1.54) is 0 Å². The summed E-state index contributed by atoms with van der Waals surface area (Å²) >= 11 is 0. The fraction of sp³-hybridized carbons (Fsp3) is 0.235. The summed E-state index contributed by atoms with van der Waals surface area (Å²) in [4.78, 5) is 11.5. The largest absolute Gasteiger partial charge is 0.457 e. The summed E-state index contributed by atoms with van der Waals surface area (Å²) < 4.78 is 5.70. The van der Waals surface area contributed by atoms with Gasteiger partial charge in [-0.05, 0) is 50.2 Å². The predicted octanol–water partition coefficient (Wildman–Crippen LogP) is 3.42. The molecule has 110 valence electrons. The first kappa shape index (κ1) is 14.9. The van der Waals surface area contributed by atoms with Crippen LogP contribution in [0, 0.1) is 0 Å². The van der Waals surface area contributed by atoms with Crippen LogP contribution in [0.3, 0.4) is 0 Å². The van der Waals surface area contributed by atoms with Gasteiger partial charge in [-0.1, -0.05) is 18.2 Å². The van der Waals surface area contributed by atoms with Gasteiger partial charge in [0.2, 0.25) is 5.91 Å². The summed E-state index contributed by atoms with van der Waals surface area (Å²) in [7, 11) is 0. The Morgan fingerprint density at radius 2 is 1.62 bits per heavy atom. The van der Waals surface area contributed by atoms with Crippen LogP contribution >= 0.6 is 0 Å². The van der Waals surface area contributed by atoms with Crippen molar-refractivity contribution in [3.63, 3.8) is 0 Å². The van der Waals surface area contributed by atoms with Crippen LogP contribution in [0.2, 0.25) is 0 Å². The van der Waals surface area contributed by atoms with E-state index >= 15 is 0 Å². The summed E-state index contributed by atoms with van der Waals surface area (Å²) in [5, 5.41) is 5.90. The lowest BCUT2D eigenvalue weighted by Crippen LogP contribution is -2.34. The second kappa shape index (κ2) is 7.33. The van der Waals surface area contributed by atoms with Crippen LogP contribution in [-0.2, 0) is 4.79 Å². The summed E-state index contributed by atoms with van der Waals surface area (Å²) in [5.74, 6) is 1.54. The van der Waals surface area contributed by atoms with Crippen molar-refractivity contribution in [3.05, 3.63) is 54.6 Å². The Morgan fingerprint density at radius 3 is 2.24 bits per heavy atom. The lowest BCUT2D eigenvalue weighted by molar-refractivity contribution is -0.119. The van der Waals surface area contributed by atoms with E-state index in [0.717, 1.165) is 17.2 Å². The molecule has 0 aromatic heterocycles. The molecular formula is C17H20N2O2. The molecule has 21 heavy (non-hydrogen) atoms. The number of hydrogen-bond donors (Lipinski definition) is 2. The van der Waals surface area contributed by atoms with E-state index in [0.29, 0.717) is 0 Å². The van der Waals surface area contributed by atoms with Gasteiger partial charge in [0.05, 0.1) is 6.54 Å². The van der Waals surface area contributed by atoms with E-state index in [4.69, 9.17) is 4.74 Å². The molecule has 0 atom stereocenters. The highest BCUT2D eigenvalue weighted by molar-refractivity contribution is 5.80. The minimum atomic E-state index is -0.0189. The Bertz CT molecular complexity index is 565. The zero-order valence-corrected chi connectivity index (χ0v) is 12.3. The van der Waals surface area contributed by atoms with Gasteiger partial charge in [-0.2, -0.15) is 0 Å². The van der Waals surface area contributed by atoms with Crippen molar-refractivity contribution in [2.75, 3.05) is 11.9 Å². The van der Waals surface area contributed by atoms with Gasteiger partial charge >= 0.3 is 0 Å². The third kappa shape index (κ3) is 5.18. The maximum absolute atomic E-state index is 11.5. The Morgan fingerprint density at radius 1 is 1.00 bits per heavy atom. The first-order valence-electron chi connectivity index (χ1n) is 6.99. The average molecular weight is 284 g/mol. The zero-order valence-electron chi connectivity index (χ0n) is 12.3. The Kier molecular flexibility index (Phi) is 5.21. The maximum atomic E-state index is 11.5. The molecule has 0 fully saturated rings. The quantitative estimate of drug-likeness (QED) is 0.854. The Hall–Kier alpha value is -2.49. The molecule has 2 rings (SSSR count). The number of ether oxygens (including phenoxy) is 1. The van der Waals surface area contributed by atoms with Crippen molar-refractivity contribution in [2.45, 2.75) is 19.9 Å². The van der Waals surface area contributed by atoms with E-state index in [2.05, 4.69) is 10.6 Å². The van der Waals surface area contributed by atoms with Gasteiger partial charge in [-0.3, -0.25) is 4.79 Å². The number of anilines is 1. The molecule has 2 aromatic rings. The first-order chi connectivity index (χ1) is 10.1. The second-order valence-electron chi connectivity index (χ2n) is 5.02. The molecule has 0 heterocycles. The van der Waals surface area contributed by atoms with E-state index in [1.54, 1.807) is 0 Å². The summed E-state index contributed by atoms with van der Waals surface area (Å²) in [6, 6.07) is 17.3. The van der Waals surface area contributed by atoms with Crippen LogP contribution in [-0.4, -0.2) is 18.5 Å². The maximum Gasteiger partial charge on any atom is 0.239 e. The number of carbonyl (C=O) groups is 1. The highest BCUT2D eigenvalue weighted by atomic mass is 16.5. The molecule has 4 heteroatoms. The third-order valence-electron chi connectivity index (χ3n) is 2.74. The number of nitrogens with one attached hydrogen (secondary N) is 2. The number of para-hydroxylation sites is 1. The minimum Gasteiger partial charge on any atom is -0.457 e. The van der Waals surface area contributed by atoms with Gasteiger partial charge in [0, 0.05) is 11.7 Å². The van der Waals surface area contributed by atoms with Gasteiger partial charge in [-0.25, -0.2) is 0 Å². The van der Waals surface area contributed by atoms with Crippen LogP contribution in [0.25, 0.3) is 0 Å². The van der Waals surface area contributed by atoms with Crippen molar-refractivity contribution >= 4 is 11.6 Å². The van der Waals surface area contributed by atoms with Gasteiger partial charge in [0.25, 0.3) is 0 Å². The molecule has 0 aliphatic rings. The van der Waals surface area contributed by atoms with E-state index in [-0.39, 0.29) is 18.5 Å².